The molecule has 1 aromatic heterocycles. The van der Waals surface area contributed by atoms with Gasteiger partial charge in [-0.3, -0.25) is 4.90 Å². The SMILES string of the molecule is Nc1ncc(CN2CCC(Sc3ccc(Cl)cc3)CC2)s1. The first-order chi connectivity index (χ1) is 10.2. The number of hydrogen-bond donors (Lipinski definition) is 1. The van der Waals surface area contributed by atoms with E-state index in [1.54, 1.807) is 11.3 Å². The lowest BCUT2D eigenvalue weighted by molar-refractivity contribution is 0.226. The number of nitrogen functional groups attached to an aromatic ring is 1. The monoisotopic (exact) mass is 339 g/mol. The van der Waals surface area contributed by atoms with E-state index in [0.717, 1.165) is 24.7 Å². The number of halogens is 1. The lowest BCUT2D eigenvalue weighted by Crippen LogP contribution is -2.34. The molecule has 0 unspecified atom stereocenters. The van der Waals surface area contributed by atoms with Crippen molar-refractivity contribution in [3.63, 3.8) is 0 Å². The molecule has 2 N–H and O–H groups in total. The van der Waals surface area contributed by atoms with Gasteiger partial charge in [-0.25, -0.2) is 4.98 Å². The first-order valence-electron chi connectivity index (χ1n) is 7.04. The minimum atomic E-state index is 0.665. The van der Waals surface area contributed by atoms with E-state index >= 15 is 0 Å². The summed E-state index contributed by atoms with van der Waals surface area (Å²) >= 11 is 9.49. The van der Waals surface area contributed by atoms with Crippen LogP contribution in [0.4, 0.5) is 5.13 Å². The summed E-state index contributed by atoms with van der Waals surface area (Å²) in [7, 11) is 0. The standard InChI is InChI=1S/C15H18ClN3S2/c16-11-1-3-12(4-2-11)20-13-5-7-19(8-6-13)10-14-9-18-15(17)21-14/h1-4,9,13H,5-8,10H2,(H2,17,18). The van der Waals surface area contributed by atoms with Crippen molar-refractivity contribution in [3.8, 4) is 0 Å². The Labute approximate surface area is 138 Å². The molecule has 1 aromatic carbocycles. The van der Waals surface area contributed by atoms with Crippen molar-refractivity contribution in [2.75, 3.05) is 18.8 Å². The summed E-state index contributed by atoms with van der Waals surface area (Å²) in [6.07, 6.45) is 4.34. The van der Waals surface area contributed by atoms with E-state index in [4.69, 9.17) is 17.3 Å². The van der Waals surface area contributed by atoms with Crippen LogP contribution in [0.25, 0.3) is 0 Å². The quantitative estimate of drug-likeness (QED) is 0.909. The van der Waals surface area contributed by atoms with Crippen LogP contribution in [-0.2, 0) is 6.54 Å². The molecular weight excluding hydrogens is 322 g/mol. The van der Waals surface area contributed by atoms with Crippen LogP contribution in [0.2, 0.25) is 5.02 Å². The predicted molar refractivity (Wildman–Crippen MR) is 92.1 cm³/mol. The molecule has 112 valence electrons. The van der Waals surface area contributed by atoms with E-state index in [9.17, 15) is 0 Å². The van der Waals surface area contributed by atoms with Gasteiger partial charge in [-0.2, -0.15) is 0 Å². The normalized spacial score (nSPS) is 17.2. The lowest BCUT2D eigenvalue weighted by atomic mass is 10.1. The highest BCUT2D eigenvalue weighted by Crippen LogP contribution is 2.31. The number of likely N-dealkylation sites (tertiary alicyclic amines) is 1. The van der Waals surface area contributed by atoms with Crippen molar-refractivity contribution in [1.29, 1.82) is 0 Å². The van der Waals surface area contributed by atoms with Gasteiger partial charge in [0.2, 0.25) is 0 Å². The number of nitrogens with two attached hydrogens (primary N) is 1. The molecule has 1 saturated heterocycles. The maximum atomic E-state index is 5.92. The minimum absolute atomic E-state index is 0.665. The lowest BCUT2D eigenvalue weighted by Gasteiger charge is -2.31. The largest absolute Gasteiger partial charge is 0.375 e. The Balaban J connectivity index is 1.47. The van der Waals surface area contributed by atoms with Crippen molar-refractivity contribution in [1.82, 2.24) is 9.88 Å². The molecular formula is C15H18ClN3S2. The van der Waals surface area contributed by atoms with Crippen LogP contribution in [0, 0.1) is 0 Å². The van der Waals surface area contributed by atoms with Gasteiger partial charge in [0.25, 0.3) is 0 Å². The molecule has 1 aliphatic rings. The second-order valence-corrected chi connectivity index (χ2v) is 8.17. The third-order valence-electron chi connectivity index (χ3n) is 3.60. The van der Waals surface area contributed by atoms with Gasteiger partial charge in [0.15, 0.2) is 5.13 Å². The first-order valence-corrected chi connectivity index (χ1v) is 9.11. The number of benzene rings is 1. The average molecular weight is 340 g/mol. The molecule has 3 rings (SSSR count). The minimum Gasteiger partial charge on any atom is -0.375 e. The van der Waals surface area contributed by atoms with Gasteiger partial charge in [0.1, 0.15) is 0 Å². The number of aromatic nitrogens is 1. The van der Waals surface area contributed by atoms with Crippen LogP contribution in [0.5, 0.6) is 0 Å². The number of rotatable bonds is 4. The van der Waals surface area contributed by atoms with E-state index in [2.05, 4.69) is 22.0 Å². The molecule has 0 aliphatic carbocycles. The zero-order valence-corrected chi connectivity index (χ0v) is 14.1. The summed E-state index contributed by atoms with van der Waals surface area (Å²) in [5.74, 6) is 0. The zero-order valence-electron chi connectivity index (χ0n) is 11.7. The van der Waals surface area contributed by atoms with Crippen LogP contribution in [0.15, 0.2) is 35.4 Å². The third-order valence-corrected chi connectivity index (χ3v) is 6.01. The maximum absolute atomic E-state index is 5.92. The number of nitrogens with zero attached hydrogens (tertiary/aromatic N) is 2. The average Bonchev–Trinajstić information content (AvgIpc) is 2.89. The summed E-state index contributed by atoms with van der Waals surface area (Å²) in [4.78, 5) is 9.18. The zero-order chi connectivity index (χ0) is 14.7. The van der Waals surface area contributed by atoms with Gasteiger partial charge in [-0.05, 0) is 50.2 Å². The molecule has 0 spiro atoms. The van der Waals surface area contributed by atoms with Crippen molar-refractivity contribution >= 4 is 39.8 Å². The Hall–Kier alpha value is -0.750. The molecule has 6 heteroatoms. The molecule has 1 fully saturated rings. The fraction of sp³-hybridized carbons (Fsp3) is 0.400. The summed E-state index contributed by atoms with van der Waals surface area (Å²) < 4.78 is 0. The topological polar surface area (TPSA) is 42.1 Å². The summed E-state index contributed by atoms with van der Waals surface area (Å²) in [6.45, 7) is 3.26. The van der Waals surface area contributed by atoms with E-state index in [0.29, 0.717) is 10.4 Å². The highest BCUT2D eigenvalue weighted by atomic mass is 35.5. The fourth-order valence-corrected chi connectivity index (χ4v) is 4.48. The van der Waals surface area contributed by atoms with Gasteiger partial charge in [0, 0.05) is 32.8 Å². The Morgan fingerprint density at radius 1 is 1.29 bits per heavy atom. The molecule has 0 saturated carbocycles. The van der Waals surface area contributed by atoms with Crippen molar-refractivity contribution in [2.24, 2.45) is 0 Å². The van der Waals surface area contributed by atoms with E-state index < -0.39 is 0 Å². The molecule has 0 bridgehead atoms. The van der Waals surface area contributed by atoms with Crippen molar-refractivity contribution in [3.05, 3.63) is 40.4 Å². The summed E-state index contributed by atoms with van der Waals surface area (Å²) in [5.41, 5.74) is 5.68. The molecule has 2 heterocycles. The second kappa shape index (κ2) is 7.01. The second-order valence-electron chi connectivity index (χ2n) is 5.21. The van der Waals surface area contributed by atoms with Crippen molar-refractivity contribution < 1.29 is 0 Å². The van der Waals surface area contributed by atoms with Gasteiger partial charge < -0.3 is 5.73 Å². The molecule has 3 nitrogen and oxygen atoms in total. The smallest absolute Gasteiger partial charge is 0.180 e. The molecule has 21 heavy (non-hydrogen) atoms. The van der Waals surface area contributed by atoms with Crippen LogP contribution in [0.1, 0.15) is 17.7 Å². The van der Waals surface area contributed by atoms with Gasteiger partial charge in [-0.15, -0.1) is 23.1 Å². The Morgan fingerprint density at radius 3 is 2.62 bits per heavy atom. The molecule has 0 radical (unpaired) electrons. The number of thiazole rings is 1. The van der Waals surface area contributed by atoms with Crippen LogP contribution >= 0.6 is 34.7 Å². The summed E-state index contributed by atoms with van der Waals surface area (Å²) in [6, 6.07) is 8.15. The fourth-order valence-electron chi connectivity index (χ4n) is 2.51. The Bertz CT molecular complexity index is 577. The maximum Gasteiger partial charge on any atom is 0.180 e. The third kappa shape index (κ3) is 4.36. The highest BCUT2D eigenvalue weighted by molar-refractivity contribution is 8.00. The summed E-state index contributed by atoms with van der Waals surface area (Å²) in [5, 5.41) is 2.17. The van der Waals surface area contributed by atoms with Crippen LogP contribution in [-0.4, -0.2) is 28.2 Å². The predicted octanol–water partition coefficient (Wildman–Crippen LogP) is 4.14. The van der Waals surface area contributed by atoms with Crippen molar-refractivity contribution in [2.45, 2.75) is 29.5 Å². The molecule has 2 aromatic rings. The molecule has 1 aliphatic heterocycles. The number of piperidine rings is 1. The number of anilines is 1. The van der Waals surface area contributed by atoms with Gasteiger partial charge in [0.05, 0.1) is 0 Å². The van der Waals surface area contributed by atoms with E-state index in [1.165, 1.54) is 22.6 Å². The van der Waals surface area contributed by atoms with Gasteiger partial charge in [-0.1, -0.05) is 11.6 Å². The van der Waals surface area contributed by atoms with E-state index in [1.807, 2.05) is 30.1 Å². The first kappa shape index (κ1) is 15.2. The molecule has 0 atom stereocenters. The van der Waals surface area contributed by atoms with Gasteiger partial charge >= 0.3 is 0 Å². The van der Waals surface area contributed by atoms with Crippen LogP contribution < -0.4 is 5.73 Å². The molecule has 0 amide bonds. The van der Waals surface area contributed by atoms with Crippen LogP contribution in [0.3, 0.4) is 0 Å². The van der Waals surface area contributed by atoms with E-state index in [-0.39, 0.29) is 0 Å². The number of hydrogen-bond acceptors (Lipinski definition) is 5. The highest BCUT2D eigenvalue weighted by Gasteiger charge is 2.20. The Morgan fingerprint density at radius 2 is 2.00 bits per heavy atom. The Kier molecular flexibility index (Phi) is 5.06. The number of thioether (sulfide) groups is 1.